The van der Waals surface area contributed by atoms with Crippen molar-refractivity contribution in [3.8, 4) is 11.5 Å². The number of ether oxygens (including phenoxy) is 2. The minimum absolute atomic E-state index is 0.121. The van der Waals surface area contributed by atoms with Gasteiger partial charge in [0.2, 0.25) is 0 Å². The highest BCUT2D eigenvalue weighted by Crippen LogP contribution is 2.43. The molecule has 6 rings (SSSR count). The van der Waals surface area contributed by atoms with Crippen molar-refractivity contribution in [3.63, 3.8) is 0 Å². The maximum atomic E-state index is 12.4. The Labute approximate surface area is 181 Å². The highest BCUT2D eigenvalue weighted by Gasteiger charge is 2.47. The number of nitrogens with zero attached hydrogens (tertiary/aromatic N) is 3. The summed E-state index contributed by atoms with van der Waals surface area (Å²) in [6, 6.07) is 10.3. The lowest BCUT2D eigenvalue weighted by Crippen LogP contribution is -2.53. The monoisotopic (exact) mass is 423 g/mol. The maximum absolute atomic E-state index is 12.4. The first kappa shape index (κ1) is 19.3. The van der Waals surface area contributed by atoms with Gasteiger partial charge in [0, 0.05) is 30.6 Å². The van der Waals surface area contributed by atoms with Crippen LogP contribution in [0.25, 0.3) is 0 Å². The summed E-state index contributed by atoms with van der Waals surface area (Å²) >= 11 is 0. The van der Waals surface area contributed by atoms with Crippen LogP contribution in [0.2, 0.25) is 0 Å². The average molecular weight is 424 g/mol. The standard InChI is InChI=1S/C24H29N3O4/c28-23-8-6-20(17-2-3-17)25-27(23)15-24(29)12-18-4-5-19(13-24)26(18)14-16-1-7-21-22(11-16)31-10-9-30-21/h1,6-8,11,17-19,29H,2-5,9-10,12-15H2/t18-,19+,24?. The molecule has 2 bridgehead atoms. The van der Waals surface area contributed by atoms with Crippen molar-refractivity contribution >= 4 is 0 Å². The molecule has 2 saturated heterocycles. The molecule has 1 N–H and O–H groups in total. The largest absolute Gasteiger partial charge is 0.486 e. The number of benzene rings is 1. The fourth-order valence-corrected chi connectivity index (χ4v) is 5.65. The summed E-state index contributed by atoms with van der Waals surface area (Å²) in [5, 5.41) is 16.0. The number of aliphatic hydroxyl groups is 1. The van der Waals surface area contributed by atoms with Crippen LogP contribution in [0.5, 0.6) is 11.5 Å². The van der Waals surface area contributed by atoms with E-state index < -0.39 is 5.60 Å². The van der Waals surface area contributed by atoms with E-state index >= 15 is 0 Å². The number of rotatable bonds is 5. The van der Waals surface area contributed by atoms with Crippen LogP contribution in [0.1, 0.15) is 55.7 Å². The number of piperidine rings is 1. The molecular formula is C24H29N3O4. The van der Waals surface area contributed by atoms with Crippen molar-refractivity contribution in [1.29, 1.82) is 0 Å². The van der Waals surface area contributed by atoms with Gasteiger partial charge in [0.1, 0.15) is 13.2 Å². The fraction of sp³-hybridized carbons (Fsp3) is 0.583. The summed E-state index contributed by atoms with van der Waals surface area (Å²) in [7, 11) is 0. The van der Waals surface area contributed by atoms with Gasteiger partial charge in [-0.3, -0.25) is 9.69 Å². The van der Waals surface area contributed by atoms with Crippen LogP contribution < -0.4 is 15.0 Å². The van der Waals surface area contributed by atoms with Crippen molar-refractivity contribution in [2.24, 2.45) is 0 Å². The number of aromatic nitrogens is 2. The van der Waals surface area contributed by atoms with Gasteiger partial charge in [0.25, 0.3) is 5.56 Å². The molecule has 1 aromatic heterocycles. The minimum atomic E-state index is -0.881. The van der Waals surface area contributed by atoms with E-state index in [2.05, 4.69) is 22.1 Å². The first-order chi connectivity index (χ1) is 15.1. The Morgan fingerprint density at radius 2 is 1.74 bits per heavy atom. The minimum Gasteiger partial charge on any atom is -0.486 e. The second-order valence-electron chi connectivity index (χ2n) is 9.70. The van der Waals surface area contributed by atoms with Crippen LogP contribution in [0.4, 0.5) is 0 Å². The quantitative estimate of drug-likeness (QED) is 0.796. The molecule has 7 heteroatoms. The topological polar surface area (TPSA) is 76.8 Å². The van der Waals surface area contributed by atoms with Gasteiger partial charge in [-0.15, -0.1) is 0 Å². The Hall–Kier alpha value is -2.38. The Kier molecular flexibility index (Phi) is 4.58. The molecule has 3 atom stereocenters. The van der Waals surface area contributed by atoms with E-state index in [1.54, 1.807) is 6.07 Å². The lowest BCUT2D eigenvalue weighted by Gasteiger charge is -2.44. The summed E-state index contributed by atoms with van der Waals surface area (Å²) in [4.78, 5) is 14.9. The molecule has 0 spiro atoms. The van der Waals surface area contributed by atoms with Gasteiger partial charge in [-0.25, -0.2) is 4.68 Å². The van der Waals surface area contributed by atoms with Crippen LogP contribution in [0.3, 0.4) is 0 Å². The van der Waals surface area contributed by atoms with E-state index in [4.69, 9.17) is 9.47 Å². The van der Waals surface area contributed by atoms with Crippen molar-refractivity contribution in [2.45, 2.75) is 75.2 Å². The highest BCUT2D eigenvalue weighted by molar-refractivity contribution is 5.43. The summed E-state index contributed by atoms with van der Waals surface area (Å²) in [5.41, 5.74) is 1.20. The molecule has 31 heavy (non-hydrogen) atoms. The molecular weight excluding hydrogens is 394 g/mol. The van der Waals surface area contributed by atoms with Crippen LogP contribution in [-0.4, -0.2) is 50.7 Å². The smallest absolute Gasteiger partial charge is 0.266 e. The van der Waals surface area contributed by atoms with E-state index in [0.717, 1.165) is 49.4 Å². The molecule has 2 aromatic rings. The average Bonchev–Trinajstić information content (AvgIpc) is 3.57. The van der Waals surface area contributed by atoms with E-state index in [1.165, 1.54) is 10.2 Å². The third kappa shape index (κ3) is 3.74. The number of hydrogen-bond donors (Lipinski definition) is 1. The van der Waals surface area contributed by atoms with Gasteiger partial charge in [-0.05, 0) is 62.3 Å². The van der Waals surface area contributed by atoms with E-state index in [1.807, 2.05) is 12.1 Å². The van der Waals surface area contributed by atoms with Crippen molar-refractivity contribution in [1.82, 2.24) is 14.7 Å². The van der Waals surface area contributed by atoms with Crippen LogP contribution in [0, 0.1) is 0 Å². The van der Waals surface area contributed by atoms with Crippen LogP contribution >= 0.6 is 0 Å². The zero-order valence-electron chi connectivity index (χ0n) is 17.7. The van der Waals surface area contributed by atoms with Gasteiger partial charge in [-0.2, -0.15) is 5.10 Å². The first-order valence-electron chi connectivity index (χ1n) is 11.5. The SMILES string of the molecule is O=c1ccc(C2CC2)nn1CC1(O)C[C@H]2CC[C@@H](C1)N2Cc1ccc2c(c1)OCCO2. The van der Waals surface area contributed by atoms with Gasteiger partial charge < -0.3 is 14.6 Å². The Bertz CT molecular complexity index is 1030. The predicted molar refractivity (Wildman–Crippen MR) is 114 cm³/mol. The highest BCUT2D eigenvalue weighted by atomic mass is 16.6. The molecule has 1 unspecified atom stereocenters. The fourth-order valence-electron chi connectivity index (χ4n) is 5.65. The zero-order valence-corrected chi connectivity index (χ0v) is 17.7. The molecule has 4 heterocycles. The summed E-state index contributed by atoms with van der Waals surface area (Å²) in [6.45, 7) is 2.32. The second-order valence-corrected chi connectivity index (χ2v) is 9.70. The Balaban J connectivity index is 1.17. The third-order valence-corrected chi connectivity index (χ3v) is 7.30. The van der Waals surface area contributed by atoms with E-state index in [0.29, 0.717) is 44.1 Å². The van der Waals surface area contributed by atoms with Crippen molar-refractivity contribution in [3.05, 3.63) is 51.9 Å². The summed E-state index contributed by atoms with van der Waals surface area (Å²) in [5.74, 6) is 2.13. The van der Waals surface area contributed by atoms with Crippen LogP contribution in [-0.2, 0) is 13.1 Å². The first-order valence-corrected chi connectivity index (χ1v) is 11.5. The van der Waals surface area contributed by atoms with Gasteiger partial charge in [0.15, 0.2) is 11.5 Å². The summed E-state index contributed by atoms with van der Waals surface area (Å²) in [6.07, 6.45) is 5.82. The van der Waals surface area contributed by atoms with E-state index in [9.17, 15) is 9.90 Å². The molecule has 7 nitrogen and oxygen atoms in total. The molecule has 0 amide bonds. The van der Waals surface area contributed by atoms with Gasteiger partial charge >= 0.3 is 0 Å². The Morgan fingerprint density at radius 3 is 2.48 bits per heavy atom. The molecule has 1 aromatic carbocycles. The molecule has 0 radical (unpaired) electrons. The van der Waals surface area contributed by atoms with Gasteiger partial charge in [0.05, 0.1) is 17.8 Å². The number of hydrogen-bond acceptors (Lipinski definition) is 6. The molecule has 3 aliphatic heterocycles. The van der Waals surface area contributed by atoms with E-state index in [-0.39, 0.29) is 12.1 Å². The lowest BCUT2D eigenvalue weighted by molar-refractivity contribution is -0.0678. The normalized spacial score (nSPS) is 29.8. The Morgan fingerprint density at radius 1 is 1.00 bits per heavy atom. The molecule has 1 saturated carbocycles. The van der Waals surface area contributed by atoms with Crippen LogP contribution in [0.15, 0.2) is 35.1 Å². The third-order valence-electron chi connectivity index (χ3n) is 7.30. The van der Waals surface area contributed by atoms with Gasteiger partial charge in [-0.1, -0.05) is 6.07 Å². The van der Waals surface area contributed by atoms with Crippen molar-refractivity contribution in [2.75, 3.05) is 13.2 Å². The van der Waals surface area contributed by atoms with Crippen molar-refractivity contribution < 1.29 is 14.6 Å². The second kappa shape index (κ2) is 7.35. The molecule has 164 valence electrons. The predicted octanol–water partition coefficient (Wildman–Crippen LogP) is 2.45. The maximum Gasteiger partial charge on any atom is 0.266 e. The number of fused-ring (bicyclic) bond motifs is 3. The zero-order chi connectivity index (χ0) is 21.0. The molecule has 1 aliphatic carbocycles. The summed E-state index contributed by atoms with van der Waals surface area (Å²) < 4.78 is 12.9. The molecule has 3 fully saturated rings. The lowest BCUT2D eigenvalue weighted by atomic mass is 9.85. The molecule has 4 aliphatic rings.